The van der Waals surface area contributed by atoms with Gasteiger partial charge in [-0.15, -0.1) is 22.7 Å². The summed E-state index contributed by atoms with van der Waals surface area (Å²) in [7, 11) is 0. The van der Waals surface area contributed by atoms with Crippen LogP contribution in [-0.2, 0) is 0 Å². The normalized spacial score (nSPS) is 10.2. The fourth-order valence-corrected chi connectivity index (χ4v) is 3.08. The molecule has 0 bridgehead atoms. The van der Waals surface area contributed by atoms with Crippen molar-refractivity contribution < 1.29 is 0 Å². The Hall–Kier alpha value is -2.03. The first-order chi connectivity index (χ1) is 8.86. The van der Waals surface area contributed by atoms with Gasteiger partial charge < -0.3 is 0 Å². The molecule has 2 heterocycles. The predicted octanol–water partition coefficient (Wildman–Crippen LogP) is 3.81. The van der Waals surface area contributed by atoms with Gasteiger partial charge in [-0.3, -0.25) is 4.98 Å². The Balaban J connectivity index is 1.95. The smallest absolute Gasteiger partial charge is 0.135 e. The van der Waals surface area contributed by atoms with Crippen LogP contribution in [0.3, 0.4) is 0 Å². The molecule has 5 heteroatoms. The van der Waals surface area contributed by atoms with Crippen LogP contribution in [-0.4, -0.2) is 9.97 Å². The Bertz CT molecular complexity index is 691. The lowest BCUT2D eigenvalue weighted by molar-refractivity contribution is 1.38. The molecule has 86 valence electrons. The van der Waals surface area contributed by atoms with Gasteiger partial charge in [0.25, 0.3) is 0 Å². The third-order valence-corrected chi connectivity index (χ3v) is 4.24. The minimum absolute atomic E-state index is 0.664. The lowest BCUT2D eigenvalue weighted by Crippen LogP contribution is -1.79. The monoisotopic (exact) mass is 269 g/mol. The molecule has 0 aliphatic carbocycles. The first-order valence-electron chi connectivity index (χ1n) is 5.22. The maximum absolute atomic E-state index is 8.76. The van der Waals surface area contributed by atoms with Crippen molar-refractivity contribution in [2.24, 2.45) is 0 Å². The topological polar surface area (TPSA) is 49.6 Å². The number of benzene rings is 1. The van der Waals surface area contributed by atoms with Gasteiger partial charge in [0.1, 0.15) is 5.01 Å². The first-order valence-corrected chi connectivity index (χ1v) is 6.97. The predicted molar refractivity (Wildman–Crippen MR) is 73.4 cm³/mol. The van der Waals surface area contributed by atoms with E-state index in [1.54, 1.807) is 40.3 Å². The number of hydrogen-bond donors (Lipinski definition) is 0. The zero-order valence-corrected chi connectivity index (χ0v) is 10.8. The largest absolute Gasteiger partial charge is 0.252 e. The number of rotatable bonds is 2. The minimum Gasteiger partial charge on any atom is -0.252 e. The molecule has 3 aromatic rings. The Morgan fingerprint density at radius 2 is 1.94 bits per heavy atom. The molecule has 18 heavy (non-hydrogen) atoms. The fraction of sp³-hybridized carbons (Fsp3) is 0. The molecule has 0 aliphatic rings. The summed E-state index contributed by atoms with van der Waals surface area (Å²) in [5.74, 6) is 0. The zero-order chi connectivity index (χ0) is 12.4. The maximum Gasteiger partial charge on any atom is 0.135 e. The van der Waals surface area contributed by atoms with Gasteiger partial charge in [0.15, 0.2) is 0 Å². The summed E-state index contributed by atoms with van der Waals surface area (Å²) < 4.78 is 0. The molecule has 3 rings (SSSR count). The van der Waals surface area contributed by atoms with Crippen molar-refractivity contribution >= 4 is 22.7 Å². The van der Waals surface area contributed by atoms with Crippen molar-refractivity contribution in [3.05, 3.63) is 46.9 Å². The van der Waals surface area contributed by atoms with Gasteiger partial charge in [0.05, 0.1) is 27.7 Å². The summed E-state index contributed by atoms with van der Waals surface area (Å²) in [6.07, 6.45) is 1.83. The fourth-order valence-electron chi connectivity index (χ4n) is 1.56. The summed E-state index contributed by atoms with van der Waals surface area (Å²) in [6, 6.07) is 9.56. The summed E-state index contributed by atoms with van der Waals surface area (Å²) in [6.45, 7) is 0. The average Bonchev–Trinajstić information content (AvgIpc) is 3.09. The maximum atomic E-state index is 8.76. The van der Waals surface area contributed by atoms with Crippen LogP contribution in [0.4, 0.5) is 0 Å². The van der Waals surface area contributed by atoms with Gasteiger partial charge in [-0.25, -0.2) is 4.98 Å². The highest BCUT2D eigenvalue weighted by atomic mass is 32.1. The Morgan fingerprint density at radius 1 is 1.11 bits per heavy atom. The third-order valence-electron chi connectivity index (χ3n) is 2.46. The number of thiazole rings is 2. The SMILES string of the molecule is N#Cc1ccc(-c2csc(-c3cncs3)n2)cc1. The second-order valence-corrected chi connectivity index (χ2v) is 5.34. The third kappa shape index (κ3) is 2.04. The lowest BCUT2D eigenvalue weighted by Gasteiger charge is -1.95. The van der Waals surface area contributed by atoms with Crippen LogP contribution in [0.1, 0.15) is 5.56 Å². The molecule has 2 aromatic heterocycles. The van der Waals surface area contributed by atoms with Crippen LogP contribution >= 0.6 is 22.7 Å². The van der Waals surface area contributed by atoms with E-state index in [2.05, 4.69) is 16.0 Å². The second-order valence-electron chi connectivity index (χ2n) is 3.59. The van der Waals surface area contributed by atoms with Crippen LogP contribution in [0.25, 0.3) is 21.1 Å². The summed E-state index contributed by atoms with van der Waals surface area (Å²) >= 11 is 3.19. The lowest BCUT2D eigenvalue weighted by atomic mass is 10.1. The van der Waals surface area contributed by atoms with Gasteiger partial charge in [-0.1, -0.05) is 12.1 Å². The van der Waals surface area contributed by atoms with E-state index in [0.717, 1.165) is 21.1 Å². The molecule has 3 nitrogen and oxygen atoms in total. The molecule has 0 aliphatic heterocycles. The van der Waals surface area contributed by atoms with Crippen molar-refractivity contribution in [2.45, 2.75) is 0 Å². The van der Waals surface area contributed by atoms with Crippen LogP contribution < -0.4 is 0 Å². The van der Waals surface area contributed by atoms with E-state index in [-0.39, 0.29) is 0 Å². The van der Waals surface area contributed by atoms with Crippen LogP contribution in [0.5, 0.6) is 0 Å². The summed E-state index contributed by atoms with van der Waals surface area (Å²) in [4.78, 5) is 9.72. The van der Waals surface area contributed by atoms with Crippen molar-refractivity contribution in [3.8, 4) is 27.2 Å². The highest BCUT2D eigenvalue weighted by Crippen LogP contribution is 2.30. The van der Waals surface area contributed by atoms with E-state index in [1.807, 2.05) is 23.7 Å². The van der Waals surface area contributed by atoms with Gasteiger partial charge in [-0.05, 0) is 12.1 Å². The number of aromatic nitrogens is 2. The quantitative estimate of drug-likeness (QED) is 0.711. The number of nitrogens with zero attached hydrogens (tertiary/aromatic N) is 3. The molecule has 0 atom stereocenters. The van der Waals surface area contributed by atoms with Gasteiger partial charge in [-0.2, -0.15) is 5.26 Å². The van der Waals surface area contributed by atoms with Gasteiger partial charge in [0, 0.05) is 17.1 Å². The second kappa shape index (κ2) is 4.69. The molecular formula is C13H7N3S2. The molecule has 0 N–H and O–H groups in total. The first kappa shape index (κ1) is 11.1. The van der Waals surface area contributed by atoms with Crippen LogP contribution in [0.2, 0.25) is 0 Å². The molecule has 0 fully saturated rings. The van der Waals surface area contributed by atoms with Gasteiger partial charge in [0.2, 0.25) is 0 Å². The van der Waals surface area contributed by atoms with Crippen LogP contribution in [0, 0.1) is 11.3 Å². The minimum atomic E-state index is 0.664. The molecule has 1 aromatic carbocycles. The molecule has 0 saturated carbocycles. The Kier molecular flexibility index (Phi) is 2.89. The number of hydrogen-bond acceptors (Lipinski definition) is 5. The molecule has 0 spiro atoms. The van der Waals surface area contributed by atoms with E-state index in [0.29, 0.717) is 5.56 Å². The highest BCUT2D eigenvalue weighted by Gasteiger charge is 2.07. The van der Waals surface area contributed by atoms with Crippen molar-refractivity contribution in [2.75, 3.05) is 0 Å². The molecular weight excluding hydrogens is 262 g/mol. The summed E-state index contributed by atoms with van der Waals surface area (Å²) in [5, 5.41) is 11.8. The van der Waals surface area contributed by atoms with E-state index in [1.165, 1.54) is 0 Å². The summed E-state index contributed by atoms with van der Waals surface area (Å²) in [5.41, 5.74) is 4.43. The molecule has 0 amide bonds. The van der Waals surface area contributed by atoms with Crippen molar-refractivity contribution in [3.63, 3.8) is 0 Å². The van der Waals surface area contributed by atoms with E-state index in [4.69, 9.17) is 5.26 Å². The van der Waals surface area contributed by atoms with Crippen molar-refractivity contribution in [1.82, 2.24) is 9.97 Å². The van der Waals surface area contributed by atoms with E-state index in [9.17, 15) is 0 Å². The van der Waals surface area contributed by atoms with Crippen LogP contribution in [0.15, 0.2) is 41.4 Å². The van der Waals surface area contributed by atoms with E-state index >= 15 is 0 Å². The van der Waals surface area contributed by atoms with Crippen molar-refractivity contribution in [1.29, 1.82) is 5.26 Å². The standard InChI is InChI=1S/C13H7N3S2/c14-5-9-1-3-10(4-2-9)11-7-17-13(16-11)12-6-15-8-18-12/h1-4,6-8H. The Labute approximate surface area is 112 Å². The molecule has 0 saturated heterocycles. The Morgan fingerprint density at radius 3 is 2.61 bits per heavy atom. The molecule has 0 radical (unpaired) electrons. The zero-order valence-electron chi connectivity index (χ0n) is 9.20. The molecule has 0 unspecified atom stereocenters. The van der Waals surface area contributed by atoms with Gasteiger partial charge >= 0.3 is 0 Å². The van der Waals surface area contributed by atoms with E-state index < -0.39 is 0 Å². The highest BCUT2D eigenvalue weighted by molar-refractivity contribution is 7.20. The number of nitriles is 1. The average molecular weight is 269 g/mol.